The maximum atomic E-state index is 12.6. The average molecular weight is 349 g/mol. The Morgan fingerprint density at radius 3 is 2.68 bits per heavy atom. The van der Waals surface area contributed by atoms with Crippen molar-refractivity contribution < 1.29 is 19.6 Å². The molecule has 0 fully saturated rings. The number of hydrogen-bond acceptors (Lipinski definition) is 7. The van der Waals surface area contributed by atoms with Gasteiger partial charge in [0.15, 0.2) is 0 Å². The first kappa shape index (κ1) is 18.4. The van der Waals surface area contributed by atoms with Gasteiger partial charge in [-0.3, -0.25) is 14.9 Å². The van der Waals surface area contributed by atoms with E-state index in [1.165, 1.54) is 12.3 Å². The van der Waals surface area contributed by atoms with Gasteiger partial charge in [0, 0.05) is 25.4 Å². The van der Waals surface area contributed by atoms with Gasteiger partial charge in [0.05, 0.1) is 29.0 Å². The summed E-state index contributed by atoms with van der Waals surface area (Å²) in [5, 5.41) is 23.1. The summed E-state index contributed by atoms with van der Waals surface area (Å²) in [5.41, 5.74) is -0.443. The summed E-state index contributed by atoms with van der Waals surface area (Å²) >= 11 is 0. The molecule has 0 saturated heterocycles. The second-order valence-corrected chi connectivity index (χ2v) is 5.17. The van der Waals surface area contributed by atoms with Crippen LogP contribution in [0, 0.1) is 10.1 Å². The quantitative estimate of drug-likeness (QED) is 0.441. The van der Waals surface area contributed by atoms with Gasteiger partial charge >= 0.3 is 5.97 Å². The number of fused-ring (bicyclic) bond motifs is 1. The largest absolute Gasteiger partial charge is 0.462 e. The topological polar surface area (TPSA) is 124 Å². The molecule has 1 aromatic carbocycles. The first-order valence-electron chi connectivity index (χ1n) is 7.82. The van der Waals surface area contributed by atoms with Crippen LogP contribution >= 0.6 is 0 Å². The number of benzene rings is 1. The van der Waals surface area contributed by atoms with Crippen LogP contribution in [0.3, 0.4) is 0 Å². The number of pyridine rings is 1. The summed E-state index contributed by atoms with van der Waals surface area (Å²) in [7, 11) is 0. The molecular formula is C16H19N3O6. The minimum Gasteiger partial charge on any atom is -0.462 e. The van der Waals surface area contributed by atoms with Gasteiger partial charge in [0.25, 0.3) is 5.69 Å². The molecule has 0 aliphatic rings. The van der Waals surface area contributed by atoms with Crippen molar-refractivity contribution in [3.8, 4) is 0 Å². The van der Waals surface area contributed by atoms with E-state index in [0.717, 1.165) is 6.07 Å². The second kappa shape index (κ2) is 7.75. The highest BCUT2D eigenvalue weighted by atomic mass is 16.6. The van der Waals surface area contributed by atoms with Crippen LogP contribution in [0.5, 0.6) is 0 Å². The number of rotatable bonds is 7. The number of ether oxygens (including phenoxy) is 1. The summed E-state index contributed by atoms with van der Waals surface area (Å²) < 4.78 is 6.54. The first-order valence-corrected chi connectivity index (χ1v) is 7.82. The number of carbonyl (C=O) groups excluding carboxylic acids is 1. The van der Waals surface area contributed by atoms with Gasteiger partial charge in [0.1, 0.15) is 11.3 Å². The van der Waals surface area contributed by atoms with Gasteiger partial charge in [-0.05, 0) is 19.9 Å². The third-order valence-corrected chi connectivity index (χ3v) is 3.66. The number of esters is 1. The van der Waals surface area contributed by atoms with Crippen LogP contribution in [0.1, 0.15) is 24.2 Å². The van der Waals surface area contributed by atoms with Crippen molar-refractivity contribution in [2.75, 3.05) is 25.1 Å². The number of aliphatic hydroxyl groups excluding tert-OH is 1. The van der Waals surface area contributed by atoms with Crippen molar-refractivity contribution in [1.29, 1.82) is 0 Å². The van der Waals surface area contributed by atoms with E-state index in [9.17, 15) is 19.7 Å². The molecule has 0 radical (unpaired) electrons. The molecule has 1 heterocycles. The Morgan fingerprint density at radius 2 is 2.12 bits per heavy atom. The Morgan fingerprint density at radius 1 is 1.40 bits per heavy atom. The Labute approximate surface area is 143 Å². The van der Waals surface area contributed by atoms with Crippen LogP contribution in [0.4, 0.5) is 11.4 Å². The molecule has 2 N–H and O–H groups in total. The highest BCUT2D eigenvalue weighted by Gasteiger charge is 2.21. The second-order valence-electron chi connectivity index (χ2n) is 5.17. The van der Waals surface area contributed by atoms with Crippen LogP contribution in [-0.2, 0) is 11.3 Å². The van der Waals surface area contributed by atoms with Gasteiger partial charge in [-0.15, -0.1) is 0 Å². The van der Waals surface area contributed by atoms with Crippen LogP contribution in [-0.4, -0.2) is 40.3 Å². The summed E-state index contributed by atoms with van der Waals surface area (Å²) in [6.07, 6.45) is 1.39. The monoisotopic (exact) mass is 349 g/mol. The van der Waals surface area contributed by atoms with Crippen molar-refractivity contribution in [2.45, 2.75) is 20.4 Å². The van der Waals surface area contributed by atoms with Crippen LogP contribution < -0.4 is 10.7 Å². The number of aryl methyl sites for hydroxylation is 1. The first-order chi connectivity index (χ1) is 11.9. The molecule has 9 heteroatoms. The lowest BCUT2D eigenvalue weighted by atomic mass is 10.1. The van der Waals surface area contributed by atoms with Crippen molar-refractivity contribution in [2.24, 2.45) is 0 Å². The van der Waals surface area contributed by atoms with E-state index in [4.69, 9.17) is 9.84 Å². The Bertz CT molecular complexity index is 874. The SMILES string of the molecule is CCOC(=O)c1cn(CC)c2cc(NCCO)c([N+](=O)[O-])cc2c1=O. The van der Waals surface area contributed by atoms with Gasteiger partial charge in [-0.25, -0.2) is 4.79 Å². The Kier molecular flexibility index (Phi) is 5.71. The lowest BCUT2D eigenvalue weighted by Crippen LogP contribution is -2.21. The molecule has 0 saturated carbocycles. The molecule has 0 atom stereocenters. The average Bonchev–Trinajstić information content (AvgIpc) is 2.59. The molecule has 1 aromatic heterocycles. The summed E-state index contributed by atoms with van der Waals surface area (Å²) in [4.78, 5) is 35.3. The van der Waals surface area contributed by atoms with E-state index in [-0.39, 0.29) is 42.1 Å². The maximum Gasteiger partial charge on any atom is 0.343 e. The molecule has 0 aliphatic carbocycles. The van der Waals surface area contributed by atoms with Crippen LogP contribution in [0.25, 0.3) is 10.9 Å². The van der Waals surface area contributed by atoms with Crippen LogP contribution in [0.15, 0.2) is 23.1 Å². The Hall–Kier alpha value is -2.94. The number of nitrogens with zero attached hydrogens (tertiary/aromatic N) is 2. The van der Waals surface area contributed by atoms with E-state index in [2.05, 4.69) is 5.32 Å². The number of nitrogens with one attached hydrogen (secondary N) is 1. The summed E-state index contributed by atoms with van der Waals surface area (Å²) in [6.45, 7) is 3.94. The number of hydrogen-bond donors (Lipinski definition) is 2. The van der Waals surface area contributed by atoms with Crippen LogP contribution in [0.2, 0.25) is 0 Å². The molecule has 0 spiro atoms. The molecule has 134 valence electrons. The van der Waals surface area contributed by atoms with Gasteiger partial charge < -0.3 is 19.7 Å². The molecule has 25 heavy (non-hydrogen) atoms. The smallest absolute Gasteiger partial charge is 0.343 e. The predicted octanol–water partition coefficient (Wildman–Crippen LogP) is 1.51. The van der Waals surface area contributed by atoms with E-state index < -0.39 is 16.3 Å². The summed E-state index contributed by atoms with van der Waals surface area (Å²) in [6, 6.07) is 2.62. The number of nitro groups is 1. The fourth-order valence-corrected chi connectivity index (χ4v) is 2.52. The van der Waals surface area contributed by atoms with Gasteiger partial charge in [0.2, 0.25) is 5.43 Å². The fraction of sp³-hybridized carbons (Fsp3) is 0.375. The van der Waals surface area contributed by atoms with E-state index in [1.54, 1.807) is 11.5 Å². The zero-order valence-corrected chi connectivity index (χ0v) is 13.9. The number of anilines is 1. The predicted molar refractivity (Wildman–Crippen MR) is 92.1 cm³/mol. The van der Waals surface area contributed by atoms with Crippen molar-refractivity contribution in [3.05, 3.63) is 44.2 Å². The normalized spacial score (nSPS) is 10.7. The molecule has 2 aromatic rings. The number of carbonyl (C=O) groups is 1. The van der Waals surface area contributed by atoms with Crippen molar-refractivity contribution in [3.63, 3.8) is 0 Å². The molecular weight excluding hydrogens is 330 g/mol. The number of nitro benzene ring substituents is 1. The molecule has 0 unspecified atom stereocenters. The lowest BCUT2D eigenvalue weighted by Gasteiger charge is -2.13. The number of aromatic nitrogens is 1. The molecule has 9 nitrogen and oxygen atoms in total. The highest BCUT2D eigenvalue weighted by molar-refractivity contribution is 5.95. The molecule has 0 aliphatic heterocycles. The minimum atomic E-state index is -0.762. The third-order valence-electron chi connectivity index (χ3n) is 3.66. The van der Waals surface area contributed by atoms with Crippen molar-refractivity contribution in [1.82, 2.24) is 4.57 Å². The molecule has 0 amide bonds. The standard InChI is InChI=1S/C16H19N3O6/c1-3-18-9-11(16(22)25-4-2)15(21)10-7-14(19(23)24)12(8-13(10)18)17-5-6-20/h7-9,17,20H,3-6H2,1-2H3. The number of aliphatic hydroxyl groups is 1. The summed E-state index contributed by atoms with van der Waals surface area (Å²) in [5.74, 6) is -0.762. The Balaban J connectivity index is 2.78. The van der Waals surface area contributed by atoms with Gasteiger partial charge in [-0.2, -0.15) is 0 Å². The fourth-order valence-electron chi connectivity index (χ4n) is 2.52. The third kappa shape index (κ3) is 3.61. The maximum absolute atomic E-state index is 12.6. The zero-order valence-electron chi connectivity index (χ0n) is 13.9. The molecule has 2 rings (SSSR count). The van der Waals surface area contributed by atoms with E-state index in [1.807, 2.05) is 6.92 Å². The van der Waals surface area contributed by atoms with E-state index >= 15 is 0 Å². The zero-order chi connectivity index (χ0) is 18.6. The minimum absolute atomic E-state index is 0.0636. The molecule has 0 bridgehead atoms. The highest BCUT2D eigenvalue weighted by Crippen LogP contribution is 2.29. The van der Waals surface area contributed by atoms with Gasteiger partial charge in [-0.1, -0.05) is 0 Å². The van der Waals surface area contributed by atoms with Crippen molar-refractivity contribution >= 4 is 28.2 Å². The van der Waals surface area contributed by atoms with E-state index in [0.29, 0.717) is 12.1 Å². The lowest BCUT2D eigenvalue weighted by molar-refractivity contribution is -0.383.